The molecule has 0 aliphatic carbocycles. The molecule has 2 aromatic carbocycles. The molecule has 0 fully saturated rings. The fourth-order valence-electron chi connectivity index (χ4n) is 2.05. The van der Waals surface area contributed by atoms with Crippen LogP contribution in [0.5, 0.6) is 0 Å². The molecule has 0 atom stereocenters. The van der Waals surface area contributed by atoms with Gasteiger partial charge in [-0.25, -0.2) is 4.39 Å². The van der Waals surface area contributed by atoms with E-state index >= 15 is 0 Å². The molecule has 0 spiro atoms. The second-order valence-corrected chi connectivity index (χ2v) is 8.12. The van der Waals surface area contributed by atoms with Gasteiger partial charge in [-0.2, -0.15) is 0 Å². The maximum absolute atomic E-state index is 12.7. The smallest absolute Gasteiger partial charge is 0.140 e. The normalized spacial score (nSPS) is 11.9. The second kappa shape index (κ2) is 5.10. The molecular weight excluding hydrogens is 227 g/mol. The Morgan fingerprint density at radius 2 is 1.24 bits per heavy atom. The summed E-state index contributed by atoms with van der Waals surface area (Å²) < 4.78 is 12.7. The van der Waals surface area contributed by atoms with Crippen LogP contribution in [0.25, 0.3) is 0 Å². The minimum atomic E-state index is -2.06. The van der Waals surface area contributed by atoms with Gasteiger partial charge in [0.2, 0.25) is 0 Å². The van der Waals surface area contributed by atoms with Crippen LogP contribution in [0, 0.1) is 0 Å². The van der Waals surface area contributed by atoms with Crippen molar-refractivity contribution in [3.05, 3.63) is 72.7 Å². The van der Waals surface area contributed by atoms with E-state index in [2.05, 4.69) is 30.8 Å². The number of halogens is 1. The van der Waals surface area contributed by atoms with Gasteiger partial charge in [-0.15, -0.1) is 0 Å². The standard InChI is InChI=1S/C15H15FSi/c1-17(13-12-16,14-8-4-2-5-9-14)15-10-6-3-7-11-15/h2-13H,1H3. The van der Waals surface area contributed by atoms with Crippen molar-refractivity contribution in [1.29, 1.82) is 0 Å². The van der Waals surface area contributed by atoms with Crippen LogP contribution in [0.1, 0.15) is 0 Å². The van der Waals surface area contributed by atoms with Gasteiger partial charge < -0.3 is 0 Å². The molecule has 86 valence electrons. The molecule has 0 aliphatic rings. The first kappa shape index (κ1) is 11.8. The largest absolute Gasteiger partial charge is 0.216 e. The highest BCUT2D eigenvalue weighted by Crippen LogP contribution is 2.07. The Morgan fingerprint density at radius 1 is 0.824 bits per heavy atom. The van der Waals surface area contributed by atoms with Gasteiger partial charge >= 0.3 is 0 Å². The van der Waals surface area contributed by atoms with E-state index in [4.69, 9.17) is 0 Å². The van der Waals surface area contributed by atoms with E-state index in [1.165, 1.54) is 10.4 Å². The summed E-state index contributed by atoms with van der Waals surface area (Å²) in [6.07, 6.45) is 0.687. The van der Waals surface area contributed by atoms with E-state index in [1.54, 1.807) is 5.70 Å². The van der Waals surface area contributed by atoms with Gasteiger partial charge in [0, 0.05) is 0 Å². The molecule has 0 aliphatic heterocycles. The fraction of sp³-hybridized carbons (Fsp3) is 0.0667. The first-order chi connectivity index (χ1) is 8.27. The van der Waals surface area contributed by atoms with Crippen LogP contribution in [0.2, 0.25) is 6.55 Å². The summed E-state index contributed by atoms with van der Waals surface area (Å²) in [5.74, 6) is 0. The summed E-state index contributed by atoms with van der Waals surface area (Å²) in [6, 6.07) is 20.3. The average molecular weight is 242 g/mol. The van der Waals surface area contributed by atoms with E-state index in [-0.39, 0.29) is 0 Å². The lowest BCUT2D eigenvalue weighted by molar-refractivity contribution is 0.723. The van der Waals surface area contributed by atoms with Crippen molar-refractivity contribution in [3.8, 4) is 0 Å². The number of hydrogen-bond donors (Lipinski definition) is 0. The summed E-state index contributed by atoms with van der Waals surface area (Å²) in [5.41, 5.74) is 1.73. The molecule has 2 aromatic rings. The van der Waals surface area contributed by atoms with E-state index in [0.29, 0.717) is 6.33 Å². The van der Waals surface area contributed by atoms with Crippen LogP contribution in [0.3, 0.4) is 0 Å². The zero-order valence-corrected chi connectivity index (χ0v) is 10.8. The molecule has 0 saturated heterocycles. The van der Waals surface area contributed by atoms with Gasteiger partial charge in [0.15, 0.2) is 0 Å². The molecule has 0 N–H and O–H groups in total. The monoisotopic (exact) mass is 242 g/mol. The third kappa shape index (κ3) is 2.37. The highest BCUT2D eigenvalue weighted by Gasteiger charge is 2.28. The first-order valence-electron chi connectivity index (χ1n) is 5.66. The van der Waals surface area contributed by atoms with Gasteiger partial charge in [-0.05, 0) is 0 Å². The first-order valence-corrected chi connectivity index (χ1v) is 8.24. The zero-order valence-electron chi connectivity index (χ0n) is 9.81. The van der Waals surface area contributed by atoms with Crippen LogP contribution < -0.4 is 10.4 Å². The molecule has 0 bridgehead atoms. The molecule has 0 heterocycles. The fourth-order valence-corrected chi connectivity index (χ4v) is 4.79. The van der Waals surface area contributed by atoms with Crippen molar-refractivity contribution in [2.75, 3.05) is 0 Å². The topological polar surface area (TPSA) is 0 Å². The number of benzene rings is 2. The van der Waals surface area contributed by atoms with Gasteiger partial charge in [0.1, 0.15) is 8.07 Å². The molecule has 0 nitrogen and oxygen atoms in total. The predicted molar refractivity (Wildman–Crippen MR) is 74.0 cm³/mol. The van der Waals surface area contributed by atoms with Crippen molar-refractivity contribution in [2.45, 2.75) is 6.55 Å². The minimum Gasteiger partial charge on any atom is -0.216 e. The average Bonchev–Trinajstić information content (AvgIpc) is 2.41. The summed E-state index contributed by atoms with van der Waals surface area (Å²) >= 11 is 0. The third-order valence-electron chi connectivity index (χ3n) is 3.14. The molecule has 0 aromatic heterocycles. The minimum absolute atomic E-state index is 0.687. The Hall–Kier alpha value is -1.67. The number of rotatable bonds is 3. The SMILES string of the molecule is C[Si](C=CF)(c1ccccc1)c1ccccc1. The Balaban J connectivity index is 2.55. The lowest BCUT2D eigenvalue weighted by Crippen LogP contribution is -2.54. The molecule has 0 radical (unpaired) electrons. The van der Waals surface area contributed by atoms with Gasteiger partial charge in [-0.3, -0.25) is 0 Å². The maximum Gasteiger partial charge on any atom is 0.140 e. The zero-order chi connectivity index (χ0) is 12.1. The van der Waals surface area contributed by atoms with Crippen molar-refractivity contribution in [1.82, 2.24) is 0 Å². The van der Waals surface area contributed by atoms with Crippen molar-refractivity contribution < 1.29 is 4.39 Å². The Morgan fingerprint density at radius 3 is 1.59 bits per heavy atom. The van der Waals surface area contributed by atoms with E-state index < -0.39 is 8.07 Å². The lowest BCUT2D eigenvalue weighted by atomic mass is 10.4. The van der Waals surface area contributed by atoms with E-state index in [9.17, 15) is 4.39 Å². The maximum atomic E-state index is 12.7. The molecule has 2 rings (SSSR count). The molecular formula is C15H15FSi. The van der Waals surface area contributed by atoms with Crippen molar-refractivity contribution >= 4 is 18.4 Å². The highest BCUT2D eigenvalue weighted by atomic mass is 28.3. The molecule has 0 saturated carbocycles. The predicted octanol–water partition coefficient (Wildman–Crippen LogP) is 2.90. The summed E-state index contributed by atoms with van der Waals surface area (Å²) in [6.45, 7) is 2.16. The Bertz CT molecular complexity index is 451. The summed E-state index contributed by atoms with van der Waals surface area (Å²) in [4.78, 5) is 0. The van der Waals surface area contributed by atoms with Crippen LogP contribution in [-0.4, -0.2) is 8.07 Å². The second-order valence-electron chi connectivity index (χ2n) is 4.23. The summed E-state index contributed by atoms with van der Waals surface area (Å²) in [5, 5.41) is 2.44. The van der Waals surface area contributed by atoms with Crippen LogP contribution in [0.15, 0.2) is 72.7 Å². The van der Waals surface area contributed by atoms with Crippen LogP contribution in [0.4, 0.5) is 4.39 Å². The third-order valence-corrected chi connectivity index (χ3v) is 7.00. The van der Waals surface area contributed by atoms with Crippen LogP contribution >= 0.6 is 0 Å². The molecule has 0 unspecified atom stereocenters. The molecule has 17 heavy (non-hydrogen) atoms. The lowest BCUT2D eigenvalue weighted by Gasteiger charge is -2.24. The molecule has 2 heteroatoms. The highest BCUT2D eigenvalue weighted by molar-refractivity contribution is 7.05. The van der Waals surface area contributed by atoms with E-state index in [0.717, 1.165) is 0 Å². The van der Waals surface area contributed by atoms with E-state index in [1.807, 2.05) is 36.4 Å². The van der Waals surface area contributed by atoms with Gasteiger partial charge in [-0.1, -0.05) is 83.3 Å². The Kier molecular flexibility index (Phi) is 3.54. The number of hydrogen-bond acceptors (Lipinski definition) is 0. The Labute approximate surface area is 102 Å². The summed E-state index contributed by atoms with van der Waals surface area (Å²) in [7, 11) is -2.06. The van der Waals surface area contributed by atoms with Crippen LogP contribution in [-0.2, 0) is 0 Å². The molecule has 0 amide bonds. The van der Waals surface area contributed by atoms with Crippen molar-refractivity contribution in [2.24, 2.45) is 0 Å². The van der Waals surface area contributed by atoms with Gasteiger partial charge in [0.25, 0.3) is 0 Å². The van der Waals surface area contributed by atoms with Crippen molar-refractivity contribution in [3.63, 3.8) is 0 Å². The quantitative estimate of drug-likeness (QED) is 0.726. The van der Waals surface area contributed by atoms with Gasteiger partial charge in [0.05, 0.1) is 6.33 Å².